The van der Waals surface area contributed by atoms with Gasteiger partial charge in [-0.3, -0.25) is 14.7 Å². The molecule has 3 aliphatic heterocycles. The van der Waals surface area contributed by atoms with Crippen molar-refractivity contribution in [1.82, 2.24) is 14.7 Å². The number of piperazine rings is 1. The Bertz CT molecular complexity index is 1610. The van der Waals surface area contributed by atoms with Crippen molar-refractivity contribution >= 4 is 46.1 Å². The van der Waals surface area contributed by atoms with Gasteiger partial charge in [0, 0.05) is 50.8 Å². The molecule has 0 bridgehead atoms. The molecule has 2 fully saturated rings. The average Bonchev–Trinajstić information content (AvgIpc) is 3.59. The molecule has 0 unspecified atom stereocenters. The minimum Gasteiger partial charge on any atom is -0.493 e. The van der Waals surface area contributed by atoms with Crippen LogP contribution in [0.2, 0.25) is 0 Å². The van der Waals surface area contributed by atoms with Crippen molar-refractivity contribution in [2.45, 2.75) is 50.0 Å². The fourth-order valence-electron chi connectivity index (χ4n) is 7.04. The van der Waals surface area contributed by atoms with Gasteiger partial charge in [-0.25, -0.2) is 0 Å². The average molecular weight is 696 g/mol. The lowest BCUT2D eigenvalue weighted by atomic mass is 9.74. The quantitative estimate of drug-likeness (QED) is 0.138. The van der Waals surface area contributed by atoms with Gasteiger partial charge < -0.3 is 19.3 Å². The first-order chi connectivity index (χ1) is 24.0. The summed E-state index contributed by atoms with van der Waals surface area (Å²) in [6.07, 6.45) is 7.68. The Morgan fingerprint density at radius 1 is 0.980 bits per heavy atom. The zero-order valence-electron chi connectivity index (χ0n) is 28.3. The Labute approximate surface area is 300 Å². The van der Waals surface area contributed by atoms with Gasteiger partial charge in [0.25, 0.3) is 5.91 Å². The lowest BCUT2D eigenvalue weighted by molar-refractivity contribution is 0.0774. The van der Waals surface area contributed by atoms with E-state index in [1.807, 2.05) is 53.6 Å². The normalized spacial score (nSPS) is 17.6. The highest BCUT2D eigenvalue weighted by atomic mass is 32.2. The number of thiocarbonyl (C=S) groups is 1. The van der Waals surface area contributed by atoms with Gasteiger partial charge in [-0.1, -0.05) is 84.6 Å². The van der Waals surface area contributed by atoms with Crippen molar-refractivity contribution in [3.8, 4) is 17.6 Å². The number of fused-ring (bicyclic) bond motifs is 2. The Morgan fingerprint density at radius 3 is 2.37 bits per heavy atom. The predicted octanol–water partition coefficient (Wildman–Crippen LogP) is 7.10. The lowest BCUT2D eigenvalue weighted by Gasteiger charge is -2.36. The smallest absolute Gasteiger partial charge is 0.256 e. The van der Waals surface area contributed by atoms with Crippen molar-refractivity contribution in [3.63, 3.8) is 0 Å². The van der Waals surface area contributed by atoms with E-state index >= 15 is 0 Å². The maximum atomic E-state index is 13.1. The van der Waals surface area contributed by atoms with Crippen LogP contribution in [0, 0.1) is 11.3 Å². The predicted molar refractivity (Wildman–Crippen MR) is 202 cm³/mol. The molecule has 3 heterocycles. The van der Waals surface area contributed by atoms with Gasteiger partial charge >= 0.3 is 0 Å². The number of benzene rings is 3. The minimum absolute atomic E-state index is 0.0191. The molecule has 0 aromatic heterocycles. The fraction of sp³-hybridized carbons (Fsp3) is 0.436. The monoisotopic (exact) mass is 695 g/mol. The Kier molecular flexibility index (Phi) is 11.9. The van der Waals surface area contributed by atoms with Crippen molar-refractivity contribution < 1.29 is 14.3 Å². The number of unbranched alkanes of at least 4 members (excludes halogenated alkanes) is 2. The Hall–Kier alpha value is -3.91. The first-order valence-corrected chi connectivity index (χ1v) is 18.8. The van der Waals surface area contributed by atoms with Gasteiger partial charge in [0.2, 0.25) is 0 Å². The van der Waals surface area contributed by atoms with E-state index in [9.17, 15) is 10.1 Å². The first kappa shape index (κ1) is 34.9. The molecule has 1 atom stereocenters. The molecule has 3 aromatic carbocycles. The van der Waals surface area contributed by atoms with E-state index < -0.39 is 5.41 Å². The Balaban J connectivity index is 0.906. The number of carbonyl (C=O) groups is 1. The number of thioether (sulfide) groups is 1. The molecular weight excluding hydrogens is 651 g/mol. The third-order valence-corrected chi connectivity index (χ3v) is 11.4. The second-order valence-corrected chi connectivity index (χ2v) is 14.6. The van der Waals surface area contributed by atoms with E-state index in [-0.39, 0.29) is 11.9 Å². The molecule has 49 heavy (non-hydrogen) atoms. The maximum Gasteiger partial charge on any atom is 0.256 e. The summed E-state index contributed by atoms with van der Waals surface area (Å²) in [5.74, 6) is 2.01. The van der Waals surface area contributed by atoms with Crippen molar-refractivity contribution in [1.29, 1.82) is 5.26 Å². The second-order valence-electron chi connectivity index (χ2n) is 12.9. The van der Waals surface area contributed by atoms with E-state index in [2.05, 4.69) is 45.1 Å². The number of hydrogen-bond donors (Lipinski definition) is 0. The van der Waals surface area contributed by atoms with Crippen LogP contribution in [-0.4, -0.2) is 95.9 Å². The first-order valence-electron chi connectivity index (χ1n) is 17.4. The number of rotatable bonds is 13. The van der Waals surface area contributed by atoms with Crippen LogP contribution in [0.5, 0.6) is 11.5 Å². The number of aliphatic imine (C=N–C) groups is 1. The van der Waals surface area contributed by atoms with Crippen LogP contribution in [0.4, 0.5) is 5.69 Å². The number of nitriles is 1. The summed E-state index contributed by atoms with van der Waals surface area (Å²) >= 11 is 7.56. The van der Waals surface area contributed by atoms with Crippen LogP contribution in [0.1, 0.15) is 60.0 Å². The maximum absolute atomic E-state index is 13.1. The SMILES string of the molecule is COc1cc2c(cc1OCCCCCN1CCN(C(=S)SCCC(C#N)(c3ccccc3)c3ccccc3)CC1)N=C[C@@H]1CCCN1C2=O. The number of hydrogen-bond acceptors (Lipinski definition) is 8. The zero-order chi connectivity index (χ0) is 34.1. The molecule has 0 saturated carbocycles. The molecule has 10 heteroatoms. The highest BCUT2D eigenvalue weighted by Crippen LogP contribution is 2.39. The van der Waals surface area contributed by atoms with Crippen molar-refractivity contribution in [2.24, 2.45) is 4.99 Å². The van der Waals surface area contributed by atoms with Gasteiger partial charge in [0.15, 0.2) is 11.5 Å². The number of amides is 1. The molecule has 0 spiro atoms. The van der Waals surface area contributed by atoms with E-state index in [0.717, 1.165) is 92.6 Å². The van der Waals surface area contributed by atoms with Gasteiger partial charge in [-0.05, 0) is 62.3 Å². The largest absolute Gasteiger partial charge is 0.493 e. The van der Waals surface area contributed by atoms with Crippen LogP contribution in [0.25, 0.3) is 0 Å². The number of nitrogens with zero attached hydrogens (tertiary/aromatic N) is 5. The van der Waals surface area contributed by atoms with Gasteiger partial charge in [0.1, 0.15) is 9.74 Å². The van der Waals surface area contributed by atoms with Crippen LogP contribution in [0.15, 0.2) is 77.8 Å². The van der Waals surface area contributed by atoms with Gasteiger partial charge in [-0.15, -0.1) is 0 Å². The fourth-order valence-corrected chi connectivity index (χ4v) is 8.42. The van der Waals surface area contributed by atoms with Crippen molar-refractivity contribution in [2.75, 3.05) is 58.7 Å². The highest BCUT2D eigenvalue weighted by molar-refractivity contribution is 8.22. The molecule has 6 rings (SSSR count). The molecule has 3 aliphatic rings. The molecule has 8 nitrogen and oxygen atoms in total. The number of carbonyl (C=O) groups excluding carboxylic acids is 1. The third-order valence-electron chi connectivity index (χ3n) is 9.89. The standard InChI is InChI=1S/C39H45N5O3S2/c1-46-35-26-33-34(41-28-32-16-11-19-44(32)37(33)45)27-36(35)47-24-10-4-9-18-42-20-22-43(23-21-42)38(48)49-25-17-39(29-40,30-12-5-2-6-13-30)31-14-7-3-8-15-31/h2-3,5-8,12-15,26-28,32H,4,9-11,16-25H2,1H3/t32-/m0/s1. The summed E-state index contributed by atoms with van der Waals surface area (Å²) in [6.45, 7) is 6.27. The molecule has 256 valence electrons. The summed E-state index contributed by atoms with van der Waals surface area (Å²) < 4.78 is 12.6. The molecule has 1 amide bonds. The molecule has 3 aromatic rings. The molecule has 0 aliphatic carbocycles. The summed E-state index contributed by atoms with van der Waals surface area (Å²) in [5, 5.41) is 10.5. The highest BCUT2D eigenvalue weighted by Gasteiger charge is 2.35. The van der Waals surface area contributed by atoms with Crippen LogP contribution < -0.4 is 9.47 Å². The van der Waals surface area contributed by atoms with Crippen LogP contribution in [-0.2, 0) is 5.41 Å². The summed E-state index contributed by atoms with van der Waals surface area (Å²) in [7, 11) is 1.61. The van der Waals surface area contributed by atoms with Gasteiger partial charge in [-0.2, -0.15) is 5.26 Å². The van der Waals surface area contributed by atoms with E-state index in [4.69, 9.17) is 21.7 Å². The third kappa shape index (κ3) is 8.12. The second kappa shape index (κ2) is 16.7. The molecule has 0 radical (unpaired) electrons. The van der Waals surface area contributed by atoms with Crippen LogP contribution >= 0.6 is 24.0 Å². The van der Waals surface area contributed by atoms with Crippen molar-refractivity contribution in [3.05, 3.63) is 89.5 Å². The molecule has 0 N–H and O–H groups in total. The number of methoxy groups -OCH3 is 1. The van der Waals surface area contributed by atoms with E-state index in [1.165, 1.54) is 0 Å². The zero-order valence-corrected chi connectivity index (χ0v) is 29.9. The number of ether oxygens (including phenoxy) is 2. The topological polar surface area (TPSA) is 81.4 Å². The van der Waals surface area contributed by atoms with Gasteiger partial charge in [0.05, 0.1) is 37.1 Å². The summed E-state index contributed by atoms with van der Waals surface area (Å²) in [6, 6.07) is 26.6. The molecule has 2 saturated heterocycles. The Morgan fingerprint density at radius 2 is 1.69 bits per heavy atom. The van der Waals surface area contributed by atoms with Crippen LogP contribution in [0.3, 0.4) is 0 Å². The summed E-state index contributed by atoms with van der Waals surface area (Å²) in [5.41, 5.74) is 2.58. The minimum atomic E-state index is -0.701. The van der Waals surface area contributed by atoms with E-state index in [1.54, 1.807) is 24.9 Å². The summed E-state index contributed by atoms with van der Waals surface area (Å²) in [4.78, 5) is 24.5. The molecular formula is C39H45N5O3S2. The van der Waals surface area contributed by atoms with E-state index in [0.29, 0.717) is 35.8 Å². The lowest BCUT2D eigenvalue weighted by Crippen LogP contribution is -2.47.